The van der Waals surface area contributed by atoms with E-state index in [0.717, 1.165) is 0 Å². The first-order chi connectivity index (χ1) is 7.31. The Morgan fingerprint density at radius 1 is 1.50 bits per heavy atom. The number of halogens is 1. The molecule has 0 amide bonds. The Morgan fingerprint density at radius 2 is 2.06 bits per heavy atom. The number of rotatable bonds is 3. The molecule has 0 bridgehead atoms. The highest BCUT2D eigenvalue weighted by Crippen LogP contribution is 2.30. The van der Waals surface area contributed by atoms with E-state index in [2.05, 4.69) is 0 Å². The van der Waals surface area contributed by atoms with Crippen molar-refractivity contribution < 1.29 is 18.8 Å². The minimum atomic E-state index is -1.31. The van der Waals surface area contributed by atoms with Crippen molar-refractivity contribution in [3.05, 3.63) is 12.2 Å². The molecule has 88 valence electrons. The summed E-state index contributed by atoms with van der Waals surface area (Å²) in [6, 6.07) is 0. The molecule has 1 aliphatic carbocycles. The molecule has 0 aliphatic heterocycles. The molecule has 0 heterocycles. The third-order valence-corrected chi connectivity index (χ3v) is 2.85. The maximum absolute atomic E-state index is 12.4. The Hall–Kier alpha value is -1.32. The zero-order chi connectivity index (χ0) is 12.5. The van der Waals surface area contributed by atoms with Gasteiger partial charge in [0.05, 0.1) is 6.67 Å². The van der Waals surface area contributed by atoms with Gasteiger partial charge in [0.15, 0.2) is 17.3 Å². The van der Waals surface area contributed by atoms with Crippen molar-refractivity contribution in [2.45, 2.75) is 20.8 Å². The first-order valence-electron chi connectivity index (χ1n) is 5.18. The summed E-state index contributed by atoms with van der Waals surface area (Å²) >= 11 is 0. The lowest BCUT2D eigenvalue weighted by Crippen LogP contribution is -2.44. The summed E-state index contributed by atoms with van der Waals surface area (Å²) in [6.07, 6.45) is 2.73. The molecule has 0 aromatic carbocycles. The molecular formula is C12H15FO3. The van der Waals surface area contributed by atoms with Crippen molar-refractivity contribution in [1.82, 2.24) is 0 Å². The average Bonchev–Trinajstić information content (AvgIpc) is 2.23. The lowest BCUT2D eigenvalue weighted by atomic mass is 9.72. The van der Waals surface area contributed by atoms with Crippen molar-refractivity contribution >= 4 is 17.3 Å². The van der Waals surface area contributed by atoms with Gasteiger partial charge in [-0.15, -0.1) is 0 Å². The number of carbonyl (C=O) groups excluding carboxylic acids is 3. The van der Waals surface area contributed by atoms with Crippen LogP contribution in [-0.4, -0.2) is 24.0 Å². The van der Waals surface area contributed by atoms with Gasteiger partial charge in [0.25, 0.3) is 0 Å². The van der Waals surface area contributed by atoms with E-state index in [1.807, 2.05) is 0 Å². The predicted octanol–water partition coefficient (Wildman–Crippen LogP) is 1.51. The first kappa shape index (κ1) is 12.7. The summed E-state index contributed by atoms with van der Waals surface area (Å²) in [4.78, 5) is 35.1. The number of carbonyl (C=O) groups is 3. The van der Waals surface area contributed by atoms with E-state index in [1.54, 1.807) is 13.8 Å². The van der Waals surface area contributed by atoms with Crippen LogP contribution in [0.4, 0.5) is 4.39 Å². The Kier molecular flexibility index (Phi) is 3.41. The van der Waals surface area contributed by atoms with Gasteiger partial charge in [0.1, 0.15) is 5.92 Å². The first-order valence-corrected chi connectivity index (χ1v) is 5.18. The van der Waals surface area contributed by atoms with Crippen LogP contribution in [0, 0.1) is 17.3 Å². The van der Waals surface area contributed by atoms with Crippen LogP contribution >= 0.6 is 0 Å². The number of hydrogen-bond donors (Lipinski definition) is 0. The number of alkyl halides is 1. The number of allylic oxidation sites excluding steroid dienone is 2. The highest BCUT2D eigenvalue weighted by Gasteiger charge is 2.43. The molecule has 2 unspecified atom stereocenters. The van der Waals surface area contributed by atoms with Crippen molar-refractivity contribution in [3.8, 4) is 0 Å². The third-order valence-electron chi connectivity index (χ3n) is 2.85. The normalized spacial score (nSPS) is 25.6. The van der Waals surface area contributed by atoms with E-state index in [1.165, 1.54) is 19.1 Å². The predicted molar refractivity (Wildman–Crippen MR) is 56.6 cm³/mol. The summed E-state index contributed by atoms with van der Waals surface area (Å²) in [6.45, 7) is 3.81. The van der Waals surface area contributed by atoms with Crippen molar-refractivity contribution in [1.29, 1.82) is 0 Å². The molecule has 0 N–H and O–H groups in total. The van der Waals surface area contributed by atoms with Crippen LogP contribution in [-0.2, 0) is 14.4 Å². The third kappa shape index (κ3) is 2.10. The van der Waals surface area contributed by atoms with Crippen LogP contribution in [0.1, 0.15) is 20.8 Å². The van der Waals surface area contributed by atoms with Crippen molar-refractivity contribution in [2.75, 3.05) is 6.67 Å². The Bertz CT molecular complexity index is 368. The maximum Gasteiger partial charge on any atom is 0.173 e. The van der Waals surface area contributed by atoms with Gasteiger partial charge in [-0.25, -0.2) is 0 Å². The quantitative estimate of drug-likeness (QED) is 0.685. The van der Waals surface area contributed by atoms with E-state index in [4.69, 9.17) is 0 Å². The van der Waals surface area contributed by atoms with Crippen LogP contribution in [0.25, 0.3) is 0 Å². The van der Waals surface area contributed by atoms with E-state index in [0.29, 0.717) is 0 Å². The highest BCUT2D eigenvalue weighted by molar-refractivity contribution is 6.25. The largest absolute Gasteiger partial charge is 0.298 e. The van der Waals surface area contributed by atoms with E-state index >= 15 is 0 Å². The molecule has 1 aliphatic rings. The van der Waals surface area contributed by atoms with Gasteiger partial charge in [0, 0.05) is 11.3 Å². The molecule has 3 nitrogen and oxygen atoms in total. The fourth-order valence-electron chi connectivity index (χ4n) is 1.60. The standard InChI is InChI=1S/C12H15FO3/c1-7(6-13)10(15)9-8(14)4-5-12(2,3)11(9)16/h4-5,7,9H,6H2,1-3H3. The molecule has 0 fully saturated rings. The van der Waals surface area contributed by atoms with Crippen LogP contribution < -0.4 is 0 Å². The summed E-state index contributed by atoms with van der Waals surface area (Å²) in [5, 5.41) is 0. The molecule has 0 saturated heterocycles. The second-order valence-corrected chi connectivity index (χ2v) is 4.71. The lowest BCUT2D eigenvalue weighted by Gasteiger charge is -2.28. The van der Waals surface area contributed by atoms with Gasteiger partial charge in [-0.3, -0.25) is 18.8 Å². The molecule has 2 atom stereocenters. The smallest absolute Gasteiger partial charge is 0.173 e. The average molecular weight is 226 g/mol. The fourth-order valence-corrected chi connectivity index (χ4v) is 1.60. The topological polar surface area (TPSA) is 51.2 Å². The summed E-state index contributed by atoms with van der Waals surface area (Å²) in [5.41, 5.74) is -0.829. The molecule has 4 heteroatoms. The second kappa shape index (κ2) is 4.28. The zero-order valence-electron chi connectivity index (χ0n) is 9.62. The summed E-state index contributed by atoms with van der Waals surface area (Å²) in [5.74, 6) is -3.80. The van der Waals surface area contributed by atoms with Gasteiger partial charge in [-0.1, -0.05) is 13.0 Å². The molecule has 0 aromatic rings. The minimum Gasteiger partial charge on any atom is -0.298 e. The van der Waals surface area contributed by atoms with Crippen LogP contribution in [0.3, 0.4) is 0 Å². The maximum atomic E-state index is 12.4. The van der Waals surface area contributed by atoms with Crippen molar-refractivity contribution in [2.24, 2.45) is 17.3 Å². The highest BCUT2D eigenvalue weighted by atomic mass is 19.1. The molecule has 0 spiro atoms. The lowest BCUT2D eigenvalue weighted by molar-refractivity contribution is -0.143. The molecule has 1 rings (SSSR count). The summed E-state index contributed by atoms with van der Waals surface area (Å²) < 4.78 is 12.4. The monoisotopic (exact) mass is 226 g/mol. The van der Waals surface area contributed by atoms with Gasteiger partial charge < -0.3 is 0 Å². The van der Waals surface area contributed by atoms with Gasteiger partial charge in [0.2, 0.25) is 0 Å². The fraction of sp³-hybridized carbons (Fsp3) is 0.583. The van der Waals surface area contributed by atoms with Crippen LogP contribution in [0.5, 0.6) is 0 Å². The Morgan fingerprint density at radius 3 is 2.56 bits per heavy atom. The van der Waals surface area contributed by atoms with Gasteiger partial charge in [-0.05, 0) is 19.9 Å². The number of hydrogen-bond acceptors (Lipinski definition) is 3. The van der Waals surface area contributed by atoms with Crippen LogP contribution in [0.15, 0.2) is 12.2 Å². The summed E-state index contributed by atoms with van der Waals surface area (Å²) in [7, 11) is 0. The van der Waals surface area contributed by atoms with E-state index in [-0.39, 0.29) is 0 Å². The molecular weight excluding hydrogens is 211 g/mol. The van der Waals surface area contributed by atoms with Crippen LogP contribution in [0.2, 0.25) is 0 Å². The SMILES string of the molecule is CC(CF)C(=O)C1C(=O)C=CC(C)(C)C1=O. The number of ketones is 3. The molecule has 0 aromatic heterocycles. The van der Waals surface area contributed by atoms with Gasteiger partial charge in [-0.2, -0.15) is 0 Å². The molecule has 0 saturated carbocycles. The second-order valence-electron chi connectivity index (χ2n) is 4.71. The van der Waals surface area contributed by atoms with E-state index < -0.39 is 41.3 Å². The van der Waals surface area contributed by atoms with Gasteiger partial charge >= 0.3 is 0 Å². The molecule has 16 heavy (non-hydrogen) atoms. The number of Topliss-reactive ketones (excluding diaryl/α,β-unsaturated/α-hetero) is 2. The Labute approximate surface area is 93.7 Å². The van der Waals surface area contributed by atoms with Crippen molar-refractivity contribution in [3.63, 3.8) is 0 Å². The zero-order valence-corrected chi connectivity index (χ0v) is 9.62. The van der Waals surface area contributed by atoms with E-state index in [9.17, 15) is 18.8 Å². The Balaban J connectivity index is 3.05. The molecule has 0 radical (unpaired) electrons. The minimum absolute atomic E-state index is 0.440.